The molecule has 1 fully saturated rings. The molecule has 35 heavy (non-hydrogen) atoms. The molecule has 5 nitrogen and oxygen atoms in total. The molecule has 0 aliphatic carbocycles. The average Bonchev–Trinajstić information content (AvgIpc) is 2.89. The first-order valence-electron chi connectivity index (χ1n) is 12.2. The van der Waals surface area contributed by atoms with Crippen LogP contribution in [0.2, 0.25) is 0 Å². The summed E-state index contributed by atoms with van der Waals surface area (Å²) >= 11 is 0. The first-order valence-corrected chi connectivity index (χ1v) is 12.2. The van der Waals surface area contributed by atoms with Gasteiger partial charge in [-0.05, 0) is 73.8 Å². The Morgan fingerprint density at radius 3 is 2.11 bits per heavy atom. The monoisotopic (exact) mass is 479 g/mol. The zero-order valence-electron chi connectivity index (χ0n) is 20.0. The van der Waals surface area contributed by atoms with Crippen LogP contribution in [0.3, 0.4) is 0 Å². The van der Waals surface area contributed by atoms with Crippen molar-refractivity contribution in [1.82, 2.24) is 9.88 Å². The number of hydrogen-bond donors (Lipinski definition) is 0. The smallest absolute Gasteiger partial charge is 0.341 e. The largest absolute Gasteiger partial charge is 0.462 e. The fourth-order valence-corrected chi connectivity index (χ4v) is 4.64. The Bertz CT molecular complexity index is 1050. The van der Waals surface area contributed by atoms with Gasteiger partial charge in [0, 0.05) is 38.3 Å². The number of esters is 1. The van der Waals surface area contributed by atoms with Crippen molar-refractivity contribution in [2.45, 2.75) is 25.7 Å². The van der Waals surface area contributed by atoms with Crippen LogP contribution in [0.25, 0.3) is 0 Å². The van der Waals surface area contributed by atoms with Gasteiger partial charge in [0.15, 0.2) is 0 Å². The Labute approximate surface area is 205 Å². The van der Waals surface area contributed by atoms with E-state index in [4.69, 9.17) is 4.74 Å². The normalized spacial score (nSPS) is 14.3. The molecule has 0 radical (unpaired) electrons. The van der Waals surface area contributed by atoms with Gasteiger partial charge in [0.25, 0.3) is 0 Å². The molecule has 0 atom stereocenters. The molecule has 2 aromatic carbocycles. The summed E-state index contributed by atoms with van der Waals surface area (Å²) in [5, 5.41) is 0. The summed E-state index contributed by atoms with van der Waals surface area (Å²) in [6.45, 7) is 6.36. The summed E-state index contributed by atoms with van der Waals surface area (Å²) in [6, 6.07) is 16.7. The van der Waals surface area contributed by atoms with Crippen LogP contribution in [0.5, 0.6) is 0 Å². The number of benzene rings is 2. The van der Waals surface area contributed by atoms with Crippen LogP contribution >= 0.6 is 0 Å². The summed E-state index contributed by atoms with van der Waals surface area (Å²) in [5.74, 6) is -0.103. The number of ether oxygens (including phenoxy) is 1. The molecule has 3 aromatic rings. The Kier molecular flexibility index (Phi) is 8.42. The lowest BCUT2D eigenvalue weighted by atomic mass is 9.87. The maximum absolute atomic E-state index is 13.5. The van der Waals surface area contributed by atoms with Crippen LogP contribution in [0.1, 0.15) is 47.2 Å². The number of anilines is 1. The predicted molar refractivity (Wildman–Crippen MR) is 133 cm³/mol. The van der Waals surface area contributed by atoms with Gasteiger partial charge in [-0.2, -0.15) is 0 Å². The van der Waals surface area contributed by atoms with E-state index in [1.807, 2.05) is 24.3 Å². The number of rotatable bonds is 9. The number of nitrogens with zero attached hydrogens (tertiary/aromatic N) is 3. The fourth-order valence-electron chi connectivity index (χ4n) is 4.64. The van der Waals surface area contributed by atoms with E-state index in [0.29, 0.717) is 18.0 Å². The highest BCUT2D eigenvalue weighted by Gasteiger charge is 2.23. The first kappa shape index (κ1) is 24.8. The molecular weight excluding hydrogens is 448 g/mol. The van der Waals surface area contributed by atoms with Crippen molar-refractivity contribution in [1.29, 1.82) is 0 Å². The minimum atomic E-state index is -0.342. The number of carbonyl (C=O) groups is 1. The van der Waals surface area contributed by atoms with Gasteiger partial charge < -0.3 is 9.64 Å². The van der Waals surface area contributed by atoms with Gasteiger partial charge in [0.2, 0.25) is 0 Å². The molecule has 184 valence electrons. The van der Waals surface area contributed by atoms with E-state index in [-0.39, 0.29) is 23.5 Å². The molecule has 0 amide bonds. The van der Waals surface area contributed by atoms with Gasteiger partial charge in [0.1, 0.15) is 23.0 Å². The summed E-state index contributed by atoms with van der Waals surface area (Å²) < 4.78 is 32.1. The minimum absolute atomic E-state index is 0.0816. The Morgan fingerprint density at radius 1 is 0.943 bits per heavy atom. The van der Waals surface area contributed by atoms with Gasteiger partial charge in [0.05, 0.1) is 6.61 Å². The van der Waals surface area contributed by atoms with Crippen molar-refractivity contribution in [2.75, 3.05) is 44.2 Å². The van der Waals surface area contributed by atoms with Crippen LogP contribution in [0.4, 0.5) is 14.6 Å². The molecule has 0 spiro atoms. The standard InChI is InChI=1S/C28H31F2N3O2/c1-2-35-28(34)26-5-3-15-31-27(26)33-19-17-32(18-20-33)16-4-6-25(21-7-11-23(29)12-8-21)22-9-13-24(30)14-10-22/h3,5,7-15,25H,2,4,6,16-20H2,1H3. The van der Waals surface area contributed by atoms with E-state index in [1.165, 1.54) is 24.3 Å². The van der Waals surface area contributed by atoms with Crippen molar-refractivity contribution in [3.63, 3.8) is 0 Å². The third kappa shape index (κ3) is 6.42. The van der Waals surface area contributed by atoms with E-state index in [0.717, 1.165) is 56.7 Å². The van der Waals surface area contributed by atoms with E-state index >= 15 is 0 Å². The van der Waals surface area contributed by atoms with Crippen LogP contribution in [0, 0.1) is 11.6 Å². The van der Waals surface area contributed by atoms with Crippen LogP contribution in [-0.4, -0.2) is 55.2 Å². The Balaban J connectivity index is 1.34. The molecule has 0 N–H and O–H groups in total. The molecule has 0 saturated carbocycles. The number of carbonyl (C=O) groups excluding carboxylic acids is 1. The lowest BCUT2D eigenvalue weighted by Crippen LogP contribution is -2.47. The lowest BCUT2D eigenvalue weighted by molar-refractivity contribution is 0.0526. The Morgan fingerprint density at radius 2 is 1.54 bits per heavy atom. The molecular formula is C28H31F2N3O2. The molecule has 2 heterocycles. The minimum Gasteiger partial charge on any atom is -0.462 e. The zero-order valence-corrected chi connectivity index (χ0v) is 20.0. The molecule has 4 rings (SSSR count). The zero-order chi connectivity index (χ0) is 24.6. The topological polar surface area (TPSA) is 45.7 Å². The SMILES string of the molecule is CCOC(=O)c1cccnc1N1CCN(CCCC(c2ccc(F)cc2)c2ccc(F)cc2)CC1. The van der Waals surface area contributed by atoms with E-state index in [2.05, 4.69) is 14.8 Å². The Hall–Kier alpha value is -3.32. The molecule has 0 bridgehead atoms. The van der Waals surface area contributed by atoms with E-state index in [9.17, 15) is 13.6 Å². The number of pyridine rings is 1. The molecule has 0 unspecified atom stereocenters. The summed E-state index contributed by atoms with van der Waals surface area (Å²) in [5.41, 5.74) is 2.57. The first-order chi connectivity index (χ1) is 17.0. The van der Waals surface area contributed by atoms with Gasteiger partial charge in [-0.25, -0.2) is 18.6 Å². The highest BCUT2D eigenvalue weighted by Crippen LogP contribution is 2.30. The maximum atomic E-state index is 13.5. The summed E-state index contributed by atoms with van der Waals surface area (Å²) in [4.78, 5) is 21.3. The predicted octanol–water partition coefficient (Wildman–Crippen LogP) is 5.27. The fraction of sp³-hybridized carbons (Fsp3) is 0.357. The molecule has 1 aliphatic rings. The van der Waals surface area contributed by atoms with Crippen molar-refractivity contribution < 1.29 is 18.3 Å². The van der Waals surface area contributed by atoms with Crippen LogP contribution < -0.4 is 4.90 Å². The quantitative estimate of drug-likeness (QED) is 0.391. The second-order valence-corrected chi connectivity index (χ2v) is 8.72. The second kappa shape index (κ2) is 11.9. The molecule has 1 aromatic heterocycles. The average molecular weight is 480 g/mol. The number of piperazine rings is 1. The molecule has 1 saturated heterocycles. The lowest BCUT2D eigenvalue weighted by Gasteiger charge is -2.36. The molecule has 1 aliphatic heterocycles. The second-order valence-electron chi connectivity index (χ2n) is 8.72. The van der Waals surface area contributed by atoms with E-state index < -0.39 is 0 Å². The highest BCUT2D eigenvalue weighted by molar-refractivity contribution is 5.94. The molecule has 7 heteroatoms. The van der Waals surface area contributed by atoms with Crippen molar-refractivity contribution in [2.24, 2.45) is 0 Å². The summed E-state index contributed by atoms with van der Waals surface area (Å²) in [6.07, 6.45) is 3.54. The third-order valence-corrected chi connectivity index (χ3v) is 6.47. The van der Waals surface area contributed by atoms with Gasteiger partial charge in [-0.1, -0.05) is 24.3 Å². The third-order valence-electron chi connectivity index (χ3n) is 6.47. The van der Waals surface area contributed by atoms with Crippen LogP contribution in [0.15, 0.2) is 66.9 Å². The number of aromatic nitrogens is 1. The van der Waals surface area contributed by atoms with Crippen molar-refractivity contribution in [3.8, 4) is 0 Å². The van der Waals surface area contributed by atoms with Gasteiger partial charge in [-0.3, -0.25) is 4.90 Å². The van der Waals surface area contributed by atoms with Crippen molar-refractivity contribution in [3.05, 3.63) is 95.2 Å². The number of hydrogen-bond acceptors (Lipinski definition) is 5. The van der Waals surface area contributed by atoms with Crippen molar-refractivity contribution >= 4 is 11.8 Å². The van der Waals surface area contributed by atoms with E-state index in [1.54, 1.807) is 25.3 Å². The number of halogens is 2. The summed E-state index contributed by atoms with van der Waals surface area (Å²) in [7, 11) is 0. The highest BCUT2D eigenvalue weighted by atomic mass is 19.1. The van der Waals surface area contributed by atoms with Gasteiger partial charge in [-0.15, -0.1) is 0 Å². The maximum Gasteiger partial charge on any atom is 0.341 e. The van der Waals surface area contributed by atoms with Crippen LogP contribution in [-0.2, 0) is 4.74 Å². The van der Waals surface area contributed by atoms with Gasteiger partial charge >= 0.3 is 5.97 Å².